The molecule has 1 aromatic heterocycles. The lowest BCUT2D eigenvalue weighted by atomic mass is 10.0. The molecule has 0 fully saturated rings. The minimum atomic E-state index is 0.133. The zero-order valence-corrected chi connectivity index (χ0v) is 12.9. The van der Waals surface area contributed by atoms with Crippen LogP contribution in [0.25, 0.3) is 0 Å². The third-order valence-electron chi connectivity index (χ3n) is 3.74. The summed E-state index contributed by atoms with van der Waals surface area (Å²) < 4.78 is 0. The van der Waals surface area contributed by atoms with Gasteiger partial charge in [0.15, 0.2) is 0 Å². The molecule has 4 nitrogen and oxygen atoms in total. The highest BCUT2D eigenvalue weighted by Crippen LogP contribution is 2.17. The molecule has 0 saturated heterocycles. The minimum absolute atomic E-state index is 0.133. The molecule has 0 bridgehead atoms. The van der Waals surface area contributed by atoms with Crippen molar-refractivity contribution in [2.75, 3.05) is 0 Å². The van der Waals surface area contributed by atoms with E-state index in [0.29, 0.717) is 0 Å². The van der Waals surface area contributed by atoms with E-state index < -0.39 is 0 Å². The van der Waals surface area contributed by atoms with Gasteiger partial charge < -0.3 is 0 Å². The van der Waals surface area contributed by atoms with E-state index in [2.05, 4.69) is 22.3 Å². The molecule has 114 valence electrons. The van der Waals surface area contributed by atoms with Crippen molar-refractivity contribution >= 4 is 0 Å². The molecular formula is C16H30N4. The summed E-state index contributed by atoms with van der Waals surface area (Å²) in [6.07, 6.45) is 18.3. The van der Waals surface area contributed by atoms with Gasteiger partial charge in [0.2, 0.25) is 0 Å². The lowest BCUT2D eigenvalue weighted by molar-refractivity contribution is 0.465. The van der Waals surface area contributed by atoms with E-state index in [-0.39, 0.29) is 6.04 Å². The molecule has 4 heteroatoms. The zero-order valence-electron chi connectivity index (χ0n) is 12.9. The van der Waals surface area contributed by atoms with Crippen LogP contribution < -0.4 is 11.3 Å². The first-order valence-electron chi connectivity index (χ1n) is 8.10. The summed E-state index contributed by atoms with van der Waals surface area (Å²) in [4.78, 5) is 8.39. The minimum Gasteiger partial charge on any atom is -0.271 e. The van der Waals surface area contributed by atoms with Crippen molar-refractivity contribution < 1.29 is 0 Å². The van der Waals surface area contributed by atoms with E-state index in [9.17, 15) is 0 Å². The summed E-state index contributed by atoms with van der Waals surface area (Å²) in [7, 11) is 0. The van der Waals surface area contributed by atoms with Crippen molar-refractivity contribution in [2.45, 2.75) is 77.2 Å². The summed E-state index contributed by atoms with van der Waals surface area (Å²) in [5.41, 5.74) is 3.78. The van der Waals surface area contributed by atoms with Gasteiger partial charge in [0.1, 0.15) is 0 Å². The fraction of sp³-hybridized carbons (Fsp3) is 0.750. The number of nitrogens with one attached hydrogen (secondary N) is 1. The summed E-state index contributed by atoms with van der Waals surface area (Å²) in [6.45, 7) is 2.26. The highest BCUT2D eigenvalue weighted by Gasteiger charge is 2.10. The van der Waals surface area contributed by atoms with Gasteiger partial charge in [0.25, 0.3) is 0 Å². The lowest BCUT2D eigenvalue weighted by Gasteiger charge is -2.14. The second-order valence-electron chi connectivity index (χ2n) is 5.47. The van der Waals surface area contributed by atoms with Gasteiger partial charge in [-0.1, -0.05) is 64.7 Å². The fourth-order valence-corrected chi connectivity index (χ4v) is 2.47. The Labute approximate surface area is 123 Å². The highest BCUT2D eigenvalue weighted by molar-refractivity contribution is 5.01. The first kappa shape index (κ1) is 17.1. The Bertz CT molecular complexity index is 316. The number of rotatable bonds is 12. The standard InChI is InChI=1S/C16H30N4/c1-2-3-4-5-6-7-8-9-10-11-15(20-17)16-14-18-12-13-19-16/h12-15,20H,2-11,17H2,1H3. The number of hydrogen-bond acceptors (Lipinski definition) is 4. The van der Waals surface area contributed by atoms with Crippen molar-refractivity contribution in [2.24, 2.45) is 5.84 Å². The molecule has 0 saturated carbocycles. The smallest absolute Gasteiger partial charge is 0.0769 e. The Balaban J connectivity index is 2.02. The van der Waals surface area contributed by atoms with E-state index in [1.807, 2.05) is 0 Å². The molecule has 0 aliphatic heterocycles. The average Bonchev–Trinajstić information content (AvgIpc) is 2.50. The van der Waals surface area contributed by atoms with Crippen LogP contribution in [0.15, 0.2) is 18.6 Å². The highest BCUT2D eigenvalue weighted by atomic mass is 15.2. The zero-order chi connectivity index (χ0) is 14.5. The van der Waals surface area contributed by atoms with E-state index >= 15 is 0 Å². The number of nitrogens with two attached hydrogens (primary N) is 1. The fourth-order valence-electron chi connectivity index (χ4n) is 2.47. The molecule has 1 aromatic rings. The number of unbranched alkanes of at least 4 members (excludes halogenated alkanes) is 8. The Morgan fingerprint density at radius 1 is 1.00 bits per heavy atom. The van der Waals surface area contributed by atoms with Crippen molar-refractivity contribution in [1.82, 2.24) is 15.4 Å². The Hall–Kier alpha value is -1.00. The second kappa shape index (κ2) is 11.8. The Morgan fingerprint density at radius 2 is 1.65 bits per heavy atom. The van der Waals surface area contributed by atoms with Crippen LogP contribution in [0, 0.1) is 0 Å². The lowest BCUT2D eigenvalue weighted by Crippen LogP contribution is -2.28. The molecule has 0 aromatic carbocycles. The number of nitrogens with zero attached hydrogens (tertiary/aromatic N) is 2. The normalized spacial score (nSPS) is 12.5. The molecule has 20 heavy (non-hydrogen) atoms. The Morgan fingerprint density at radius 3 is 2.20 bits per heavy atom. The summed E-state index contributed by atoms with van der Waals surface area (Å²) >= 11 is 0. The first-order chi connectivity index (χ1) is 9.88. The van der Waals surface area contributed by atoms with E-state index in [4.69, 9.17) is 5.84 Å². The van der Waals surface area contributed by atoms with Crippen LogP contribution in [-0.2, 0) is 0 Å². The average molecular weight is 278 g/mol. The summed E-state index contributed by atoms with van der Waals surface area (Å²) in [5.74, 6) is 5.60. The molecule has 1 rings (SSSR count). The van der Waals surface area contributed by atoms with Crippen molar-refractivity contribution in [3.63, 3.8) is 0 Å². The molecule has 3 N–H and O–H groups in total. The van der Waals surface area contributed by atoms with E-state index in [1.54, 1.807) is 18.6 Å². The van der Waals surface area contributed by atoms with Crippen molar-refractivity contribution in [1.29, 1.82) is 0 Å². The predicted octanol–water partition coefficient (Wildman–Crippen LogP) is 3.90. The first-order valence-corrected chi connectivity index (χ1v) is 8.10. The predicted molar refractivity (Wildman–Crippen MR) is 83.9 cm³/mol. The van der Waals surface area contributed by atoms with Crippen LogP contribution in [0.2, 0.25) is 0 Å². The summed E-state index contributed by atoms with van der Waals surface area (Å²) in [6, 6.07) is 0.133. The van der Waals surface area contributed by atoms with Gasteiger partial charge in [-0.25, -0.2) is 0 Å². The molecule has 0 aliphatic rings. The van der Waals surface area contributed by atoms with Crippen LogP contribution in [0.1, 0.15) is 82.9 Å². The van der Waals surface area contributed by atoms with E-state index in [1.165, 1.54) is 57.8 Å². The largest absolute Gasteiger partial charge is 0.271 e. The molecule has 1 unspecified atom stereocenters. The van der Waals surface area contributed by atoms with Gasteiger partial charge >= 0.3 is 0 Å². The van der Waals surface area contributed by atoms with Crippen molar-refractivity contribution in [3.8, 4) is 0 Å². The topological polar surface area (TPSA) is 63.8 Å². The third-order valence-corrected chi connectivity index (χ3v) is 3.74. The van der Waals surface area contributed by atoms with Crippen LogP contribution in [0.3, 0.4) is 0 Å². The molecule has 0 spiro atoms. The number of aromatic nitrogens is 2. The van der Waals surface area contributed by atoms with Crippen LogP contribution in [0.4, 0.5) is 0 Å². The quantitative estimate of drug-likeness (QED) is 0.346. The maximum Gasteiger partial charge on any atom is 0.0769 e. The molecule has 0 amide bonds. The molecule has 0 aliphatic carbocycles. The molecule has 0 radical (unpaired) electrons. The van der Waals surface area contributed by atoms with Gasteiger partial charge in [-0.15, -0.1) is 0 Å². The van der Waals surface area contributed by atoms with Crippen LogP contribution in [0.5, 0.6) is 0 Å². The SMILES string of the molecule is CCCCCCCCCCCC(NN)c1cnccn1. The van der Waals surface area contributed by atoms with Crippen LogP contribution in [-0.4, -0.2) is 9.97 Å². The van der Waals surface area contributed by atoms with Gasteiger partial charge in [0.05, 0.1) is 17.9 Å². The maximum atomic E-state index is 5.60. The third kappa shape index (κ3) is 7.56. The monoisotopic (exact) mass is 278 g/mol. The number of hydrazine groups is 1. The van der Waals surface area contributed by atoms with Crippen LogP contribution >= 0.6 is 0 Å². The van der Waals surface area contributed by atoms with Gasteiger partial charge in [-0.3, -0.25) is 21.2 Å². The maximum absolute atomic E-state index is 5.60. The molecule has 1 atom stereocenters. The summed E-state index contributed by atoms with van der Waals surface area (Å²) in [5, 5.41) is 0. The Kier molecular flexibility index (Phi) is 10.1. The molecular weight excluding hydrogens is 248 g/mol. The van der Waals surface area contributed by atoms with E-state index in [0.717, 1.165) is 12.1 Å². The second-order valence-corrected chi connectivity index (χ2v) is 5.47. The van der Waals surface area contributed by atoms with Gasteiger partial charge in [-0.05, 0) is 6.42 Å². The molecule has 1 heterocycles. The van der Waals surface area contributed by atoms with Gasteiger partial charge in [0, 0.05) is 12.4 Å². The number of hydrogen-bond donors (Lipinski definition) is 2. The van der Waals surface area contributed by atoms with Gasteiger partial charge in [-0.2, -0.15) is 0 Å². The van der Waals surface area contributed by atoms with Crippen molar-refractivity contribution in [3.05, 3.63) is 24.3 Å².